The Bertz CT molecular complexity index is 1060. The number of nitrogens with zero attached hydrogens (tertiary/aromatic N) is 2. The van der Waals surface area contributed by atoms with Crippen molar-refractivity contribution in [2.24, 2.45) is 0 Å². The van der Waals surface area contributed by atoms with Crippen molar-refractivity contribution < 1.29 is 17.5 Å². The van der Waals surface area contributed by atoms with Gasteiger partial charge in [0.05, 0.1) is 23.0 Å². The molecule has 144 valence electrons. The van der Waals surface area contributed by atoms with Crippen molar-refractivity contribution in [2.45, 2.75) is 36.8 Å². The van der Waals surface area contributed by atoms with Gasteiger partial charge in [-0.05, 0) is 44.0 Å². The number of rotatable bonds is 5. The fourth-order valence-corrected chi connectivity index (χ4v) is 4.98. The molecule has 1 aliphatic carbocycles. The van der Waals surface area contributed by atoms with E-state index in [2.05, 4.69) is 0 Å². The number of benzene rings is 1. The minimum atomic E-state index is -3.76. The maximum atomic E-state index is 13.2. The lowest BCUT2D eigenvalue weighted by atomic mass is 10.2. The van der Waals surface area contributed by atoms with E-state index in [1.807, 2.05) is 6.92 Å². The van der Waals surface area contributed by atoms with E-state index in [0.29, 0.717) is 11.8 Å². The quantitative estimate of drug-likeness (QED) is 0.757. The summed E-state index contributed by atoms with van der Waals surface area (Å²) in [6.07, 6.45) is 1.69. The standard InChI is InChI=1S/C18H18ClFN2O4S/c1-11-6-13(7-18(23)22(11)12-2-3-12)26-14-9-21(10-14)27(24,25)15-4-5-17(20)16(19)8-15/h4-8,12,14H,2-3,9-10H2,1H3. The second-order valence-corrected chi connectivity index (χ2v) is 9.25. The monoisotopic (exact) mass is 412 g/mol. The van der Waals surface area contributed by atoms with Gasteiger partial charge in [-0.15, -0.1) is 0 Å². The number of aromatic nitrogens is 1. The number of hydrogen-bond acceptors (Lipinski definition) is 4. The predicted octanol–water partition coefficient (Wildman–Crippen LogP) is 2.74. The Morgan fingerprint density at radius 2 is 1.89 bits per heavy atom. The number of hydrogen-bond donors (Lipinski definition) is 0. The van der Waals surface area contributed by atoms with Crippen LogP contribution in [0.1, 0.15) is 24.6 Å². The van der Waals surface area contributed by atoms with Crippen LogP contribution in [-0.4, -0.2) is 36.5 Å². The first-order valence-electron chi connectivity index (χ1n) is 8.61. The van der Waals surface area contributed by atoms with E-state index < -0.39 is 15.8 Å². The number of ether oxygens (including phenoxy) is 1. The second kappa shape index (κ2) is 6.61. The SMILES string of the molecule is Cc1cc(OC2CN(S(=O)(=O)c3ccc(F)c(Cl)c3)C2)cc(=O)n1C1CC1. The molecular weight excluding hydrogens is 395 g/mol. The molecule has 9 heteroatoms. The molecular formula is C18H18ClFN2O4S. The van der Waals surface area contributed by atoms with Crippen molar-refractivity contribution in [3.63, 3.8) is 0 Å². The molecule has 2 heterocycles. The average molecular weight is 413 g/mol. The highest BCUT2D eigenvalue weighted by Gasteiger charge is 2.38. The smallest absolute Gasteiger partial charge is 0.254 e. The first-order chi connectivity index (χ1) is 12.8. The molecule has 0 spiro atoms. The summed E-state index contributed by atoms with van der Waals surface area (Å²) in [7, 11) is -3.76. The van der Waals surface area contributed by atoms with Gasteiger partial charge in [0.2, 0.25) is 10.0 Å². The minimum Gasteiger partial charge on any atom is -0.487 e. The highest BCUT2D eigenvalue weighted by atomic mass is 35.5. The Morgan fingerprint density at radius 3 is 2.48 bits per heavy atom. The Hall–Kier alpha value is -1.90. The van der Waals surface area contributed by atoms with Crippen molar-refractivity contribution >= 4 is 21.6 Å². The first-order valence-corrected chi connectivity index (χ1v) is 10.4. The lowest BCUT2D eigenvalue weighted by Gasteiger charge is -2.37. The van der Waals surface area contributed by atoms with Crippen LogP contribution in [0.15, 0.2) is 40.0 Å². The Morgan fingerprint density at radius 1 is 1.19 bits per heavy atom. The number of aryl methyl sites for hydroxylation is 1. The summed E-state index contributed by atoms with van der Waals surface area (Å²) >= 11 is 5.68. The van der Waals surface area contributed by atoms with E-state index in [9.17, 15) is 17.6 Å². The van der Waals surface area contributed by atoms with E-state index in [-0.39, 0.29) is 34.7 Å². The molecule has 0 bridgehead atoms. The summed E-state index contributed by atoms with van der Waals surface area (Å²) in [6, 6.07) is 6.85. The Kier molecular flexibility index (Phi) is 4.52. The summed E-state index contributed by atoms with van der Waals surface area (Å²) in [5.74, 6) is -0.224. The molecule has 0 unspecified atom stereocenters. The van der Waals surface area contributed by atoms with Gasteiger partial charge in [-0.2, -0.15) is 4.31 Å². The number of sulfonamides is 1. The third kappa shape index (κ3) is 3.49. The summed E-state index contributed by atoms with van der Waals surface area (Å²) in [4.78, 5) is 12.2. The van der Waals surface area contributed by atoms with Crippen LogP contribution in [0.25, 0.3) is 0 Å². The molecule has 1 aromatic carbocycles. The van der Waals surface area contributed by atoms with Gasteiger partial charge in [-0.1, -0.05) is 11.6 Å². The van der Waals surface area contributed by atoms with E-state index >= 15 is 0 Å². The average Bonchev–Trinajstić information content (AvgIpc) is 3.37. The Balaban J connectivity index is 1.43. The van der Waals surface area contributed by atoms with Gasteiger partial charge >= 0.3 is 0 Å². The molecule has 2 fully saturated rings. The first kappa shape index (κ1) is 18.5. The molecule has 1 saturated heterocycles. The number of halogens is 2. The zero-order valence-electron chi connectivity index (χ0n) is 14.6. The summed E-state index contributed by atoms with van der Waals surface area (Å²) in [5, 5.41) is -0.240. The zero-order valence-corrected chi connectivity index (χ0v) is 16.1. The van der Waals surface area contributed by atoms with Crippen LogP contribution in [-0.2, 0) is 10.0 Å². The van der Waals surface area contributed by atoms with Gasteiger partial charge in [-0.25, -0.2) is 12.8 Å². The van der Waals surface area contributed by atoms with E-state index in [1.165, 1.54) is 16.4 Å². The van der Waals surface area contributed by atoms with Gasteiger partial charge in [0, 0.05) is 17.8 Å². The second-order valence-electron chi connectivity index (χ2n) is 6.91. The lowest BCUT2D eigenvalue weighted by molar-refractivity contribution is 0.0758. The van der Waals surface area contributed by atoms with Crippen LogP contribution in [0.4, 0.5) is 4.39 Å². The van der Waals surface area contributed by atoms with Crippen LogP contribution in [0.2, 0.25) is 5.02 Å². The van der Waals surface area contributed by atoms with Gasteiger partial charge in [-0.3, -0.25) is 4.79 Å². The molecule has 2 aromatic rings. The molecule has 4 rings (SSSR count). The molecule has 0 radical (unpaired) electrons. The van der Waals surface area contributed by atoms with Gasteiger partial charge in [0.25, 0.3) is 5.56 Å². The topological polar surface area (TPSA) is 68.6 Å². The minimum absolute atomic E-state index is 0.0600. The Labute approximate surface area is 161 Å². The molecule has 6 nitrogen and oxygen atoms in total. The third-order valence-electron chi connectivity index (χ3n) is 4.79. The fraction of sp³-hybridized carbons (Fsp3) is 0.389. The zero-order chi connectivity index (χ0) is 19.3. The van der Waals surface area contributed by atoms with Crippen molar-refractivity contribution in [2.75, 3.05) is 13.1 Å². The van der Waals surface area contributed by atoms with Crippen molar-refractivity contribution in [1.82, 2.24) is 8.87 Å². The molecule has 0 atom stereocenters. The molecule has 1 saturated carbocycles. The van der Waals surface area contributed by atoms with Crippen LogP contribution >= 0.6 is 11.6 Å². The summed E-state index contributed by atoms with van der Waals surface area (Å²) in [6.45, 7) is 2.17. The van der Waals surface area contributed by atoms with E-state index in [4.69, 9.17) is 16.3 Å². The van der Waals surface area contributed by atoms with Crippen LogP contribution < -0.4 is 10.3 Å². The molecule has 1 aromatic heterocycles. The molecule has 0 N–H and O–H groups in total. The van der Waals surface area contributed by atoms with Crippen molar-refractivity contribution in [3.05, 3.63) is 57.2 Å². The van der Waals surface area contributed by atoms with Crippen LogP contribution in [0, 0.1) is 12.7 Å². The molecule has 2 aliphatic rings. The van der Waals surface area contributed by atoms with Crippen LogP contribution in [0.3, 0.4) is 0 Å². The molecule has 0 amide bonds. The van der Waals surface area contributed by atoms with E-state index in [0.717, 1.165) is 30.7 Å². The lowest BCUT2D eigenvalue weighted by Crippen LogP contribution is -2.56. The van der Waals surface area contributed by atoms with Crippen molar-refractivity contribution in [1.29, 1.82) is 0 Å². The highest BCUT2D eigenvalue weighted by Crippen LogP contribution is 2.35. The normalized spacial score (nSPS) is 18.3. The highest BCUT2D eigenvalue weighted by molar-refractivity contribution is 7.89. The summed E-state index contributed by atoms with van der Waals surface area (Å²) < 4.78 is 47.1. The summed E-state index contributed by atoms with van der Waals surface area (Å²) in [5.41, 5.74) is 0.738. The molecule has 27 heavy (non-hydrogen) atoms. The molecule has 1 aliphatic heterocycles. The van der Waals surface area contributed by atoms with Gasteiger partial charge in [0.1, 0.15) is 17.7 Å². The van der Waals surface area contributed by atoms with Crippen LogP contribution in [0.5, 0.6) is 5.75 Å². The van der Waals surface area contributed by atoms with Gasteiger partial charge in [0.15, 0.2) is 0 Å². The third-order valence-corrected chi connectivity index (χ3v) is 6.91. The predicted molar refractivity (Wildman–Crippen MR) is 98.3 cm³/mol. The largest absolute Gasteiger partial charge is 0.487 e. The van der Waals surface area contributed by atoms with Crippen molar-refractivity contribution in [3.8, 4) is 5.75 Å². The fourth-order valence-electron chi connectivity index (χ4n) is 3.20. The number of pyridine rings is 1. The van der Waals surface area contributed by atoms with Gasteiger partial charge < -0.3 is 9.30 Å². The van der Waals surface area contributed by atoms with E-state index in [1.54, 1.807) is 10.6 Å². The maximum absolute atomic E-state index is 13.2. The maximum Gasteiger partial charge on any atom is 0.254 e.